The summed E-state index contributed by atoms with van der Waals surface area (Å²) in [6.45, 7) is 1.95. The molecule has 1 unspecified atom stereocenters. The summed E-state index contributed by atoms with van der Waals surface area (Å²) in [6.07, 6.45) is 0.613. The molecule has 33 heavy (non-hydrogen) atoms. The Kier molecular flexibility index (Phi) is 8.63. The van der Waals surface area contributed by atoms with Crippen LogP contribution in [-0.2, 0) is 4.79 Å². The van der Waals surface area contributed by atoms with E-state index >= 15 is 0 Å². The Labute approximate surface area is 202 Å². The number of halogens is 1. The molecule has 2 amide bonds. The van der Waals surface area contributed by atoms with Gasteiger partial charge in [0.25, 0.3) is 5.91 Å². The van der Waals surface area contributed by atoms with Crippen molar-refractivity contribution < 1.29 is 19.1 Å². The average Bonchev–Trinajstić information content (AvgIpc) is 2.82. The van der Waals surface area contributed by atoms with Gasteiger partial charge in [-0.15, -0.1) is 11.8 Å². The highest BCUT2D eigenvalue weighted by molar-refractivity contribution is 8.00. The van der Waals surface area contributed by atoms with Gasteiger partial charge >= 0.3 is 0 Å². The summed E-state index contributed by atoms with van der Waals surface area (Å²) in [5.41, 5.74) is 1.65. The number of carbonyl (C=O) groups excluding carboxylic acids is 2. The van der Waals surface area contributed by atoms with E-state index in [1.54, 1.807) is 62.8 Å². The number of anilines is 2. The number of benzene rings is 3. The maximum absolute atomic E-state index is 13.0. The van der Waals surface area contributed by atoms with Crippen LogP contribution in [0.15, 0.2) is 71.6 Å². The van der Waals surface area contributed by atoms with Gasteiger partial charge in [0.1, 0.15) is 11.5 Å². The molecule has 0 spiro atoms. The van der Waals surface area contributed by atoms with E-state index in [9.17, 15) is 9.59 Å². The van der Waals surface area contributed by atoms with Gasteiger partial charge in [-0.05, 0) is 55.0 Å². The van der Waals surface area contributed by atoms with Crippen molar-refractivity contribution in [2.24, 2.45) is 0 Å². The van der Waals surface area contributed by atoms with Gasteiger partial charge in [-0.25, -0.2) is 0 Å². The van der Waals surface area contributed by atoms with E-state index in [4.69, 9.17) is 21.1 Å². The highest BCUT2D eigenvalue weighted by atomic mass is 35.5. The lowest BCUT2D eigenvalue weighted by Crippen LogP contribution is -2.24. The van der Waals surface area contributed by atoms with Crippen LogP contribution in [0, 0.1) is 0 Å². The van der Waals surface area contributed by atoms with Gasteiger partial charge in [0.05, 0.1) is 25.2 Å². The van der Waals surface area contributed by atoms with Crippen LogP contribution in [0.4, 0.5) is 11.4 Å². The predicted octanol–water partition coefficient (Wildman–Crippen LogP) is 6.12. The molecule has 0 aromatic heterocycles. The smallest absolute Gasteiger partial charge is 0.255 e. The highest BCUT2D eigenvalue weighted by Crippen LogP contribution is 2.32. The molecule has 0 aliphatic carbocycles. The largest absolute Gasteiger partial charge is 0.497 e. The number of methoxy groups -OCH3 is 2. The molecule has 3 rings (SSSR count). The van der Waals surface area contributed by atoms with Gasteiger partial charge in [0.15, 0.2) is 0 Å². The van der Waals surface area contributed by atoms with Crippen molar-refractivity contribution in [3.05, 3.63) is 77.3 Å². The number of carbonyl (C=O) groups is 2. The Hall–Kier alpha value is -3.16. The van der Waals surface area contributed by atoms with E-state index in [2.05, 4.69) is 10.6 Å². The molecular formula is C25H25ClN2O4S. The van der Waals surface area contributed by atoms with Crippen LogP contribution in [0.25, 0.3) is 0 Å². The van der Waals surface area contributed by atoms with Crippen molar-refractivity contribution >= 4 is 46.6 Å². The van der Waals surface area contributed by atoms with Crippen LogP contribution < -0.4 is 20.1 Å². The fraction of sp³-hybridized carbons (Fsp3) is 0.200. The Bertz CT molecular complexity index is 1140. The van der Waals surface area contributed by atoms with Crippen molar-refractivity contribution in [3.8, 4) is 11.5 Å². The van der Waals surface area contributed by atoms with E-state index in [1.165, 1.54) is 11.8 Å². The minimum atomic E-state index is -0.347. The predicted molar refractivity (Wildman–Crippen MR) is 134 cm³/mol. The second-order valence-corrected chi connectivity index (χ2v) is 8.78. The third-order valence-electron chi connectivity index (χ3n) is 4.78. The molecule has 0 aliphatic heterocycles. The van der Waals surface area contributed by atoms with Crippen molar-refractivity contribution in [3.63, 3.8) is 0 Å². The van der Waals surface area contributed by atoms with Gasteiger partial charge in [0.2, 0.25) is 5.91 Å². The lowest BCUT2D eigenvalue weighted by molar-refractivity contribution is -0.115. The summed E-state index contributed by atoms with van der Waals surface area (Å²) in [5, 5.41) is 5.96. The number of ether oxygens (including phenoxy) is 2. The topological polar surface area (TPSA) is 76.7 Å². The Balaban J connectivity index is 1.70. The maximum atomic E-state index is 13.0. The number of thioether (sulfide) groups is 1. The first-order valence-corrected chi connectivity index (χ1v) is 11.6. The minimum Gasteiger partial charge on any atom is -0.497 e. The van der Waals surface area contributed by atoms with E-state index in [0.29, 0.717) is 39.9 Å². The summed E-state index contributed by atoms with van der Waals surface area (Å²) < 4.78 is 10.6. The lowest BCUT2D eigenvalue weighted by Gasteiger charge is -2.17. The number of amides is 2. The normalized spacial score (nSPS) is 11.4. The SMILES string of the molecule is CCC(Sc1cccc(NC(=O)c2cccc(Cl)c2)c1)C(=O)Nc1cc(OC)ccc1OC. The monoisotopic (exact) mass is 484 g/mol. The third-order valence-corrected chi connectivity index (χ3v) is 6.38. The number of rotatable bonds is 9. The van der Waals surface area contributed by atoms with Crippen molar-refractivity contribution in [2.75, 3.05) is 24.9 Å². The van der Waals surface area contributed by atoms with E-state index in [0.717, 1.165) is 4.90 Å². The number of hydrogen-bond acceptors (Lipinski definition) is 5. The molecular weight excluding hydrogens is 460 g/mol. The molecule has 3 aromatic carbocycles. The standard InChI is InChI=1S/C25H25ClN2O4S/c1-4-23(25(30)28-21-15-19(31-2)11-12-22(21)32-3)33-20-10-6-9-18(14-20)27-24(29)16-7-5-8-17(26)13-16/h5-15,23H,4H2,1-3H3,(H,27,29)(H,28,30). The molecule has 3 aromatic rings. The molecule has 0 heterocycles. The minimum absolute atomic E-state index is 0.151. The summed E-state index contributed by atoms with van der Waals surface area (Å²) >= 11 is 7.40. The van der Waals surface area contributed by atoms with Gasteiger partial charge in [-0.3, -0.25) is 9.59 Å². The average molecular weight is 485 g/mol. The maximum Gasteiger partial charge on any atom is 0.255 e. The zero-order valence-electron chi connectivity index (χ0n) is 18.6. The molecule has 0 radical (unpaired) electrons. The zero-order valence-corrected chi connectivity index (χ0v) is 20.1. The molecule has 0 bridgehead atoms. The first-order valence-electron chi connectivity index (χ1n) is 10.3. The van der Waals surface area contributed by atoms with Gasteiger partial charge in [-0.1, -0.05) is 30.7 Å². The second kappa shape index (κ2) is 11.6. The first kappa shape index (κ1) is 24.5. The van der Waals surface area contributed by atoms with Gasteiger partial charge in [0, 0.05) is 27.2 Å². The molecule has 0 fully saturated rings. The number of hydrogen-bond donors (Lipinski definition) is 2. The van der Waals surface area contributed by atoms with Crippen molar-refractivity contribution in [1.29, 1.82) is 0 Å². The number of nitrogens with one attached hydrogen (secondary N) is 2. The summed E-state index contributed by atoms with van der Waals surface area (Å²) in [5.74, 6) is 0.765. The van der Waals surface area contributed by atoms with Crippen LogP contribution in [0.3, 0.4) is 0 Å². The Morgan fingerprint density at radius 1 is 0.970 bits per heavy atom. The van der Waals surface area contributed by atoms with Gasteiger partial charge < -0.3 is 20.1 Å². The first-order chi connectivity index (χ1) is 15.9. The van der Waals surface area contributed by atoms with Crippen molar-refractivity contribution in [2.45, 2.75) is 23.5 Å². The quantitative estimate of drug-likeness (QED) is 0.358. The molecule has 0 saturated carbocycles. The lowest BCUT2D eigenvalue weighted by atomic mass is 10.2. The molecule has 6 nitrogen and oxygen atoms in total. The van der Waals surface area contributed by atoms with Gasteiger partial charge in [-0.2, -0.15) is 0 Å². The van der Waals surface area contributed by atoms with Crippen LogP contribution >= 0.6 is 23.4 Å². The molecule has 8 heteroatoms. The fourth-order valence-corrected chi connectivity index (χ4v) is 4.30. The zero-order chi connectivity index (χ0) is 23.8. The third kappa shape index (κ3) is 6.66. The van der Waals surface area contributed by atoms with Crippen molar-refractivity contribution in [1.82, 2.24) is 0 Å². The Morgan fingerprint density at radius 3 is 2.45 bits per heavy atom. The summed E-state index contributed by atoms with van der Waals surface area (Å²) in [7, 11) is 3.11. The van der Waals surface area contributed by atoms with E-state index in [1.807, 2.05) is 25.1 Å². The molecule has 0 aliphatic rings. The van der Waals surface area contributed by atoms with Crippen LogP contribution in [0.2, 0.25) is 5.02 Å². The Morgan fingerprint density at radius 2 is 1.76 bits per heavy atom. The fourth-order valence-electron chi connectivity index (χ4n) is 3.09. The van der Waals surface area contributed by atoms with Crippen LogP contribution in [0.1, 0.15) is 23.7 Å². The highest BCUT2D eigenvalue weighted by Gasteiger charge is 2.20. The molecule has 2 N–H and O–H groups in total. The summed E-state index contributed by atoms with van der Waals surface area (Å²) in [6, 6.07) is 19.4. The second-order valence-electron chi connectivity index (χ2n) is 7.06. The van der Waals surface area contributed by atoms with E-state index in [-0.39, 0.29) is 17.1 Å². The molecule has 0 saturated heterocycles. The molecule has 172 valence electrons. The van der Waals surface area contributed by atoms with Crippen LogP contribution in [0.5, 0.6) is 11.5 Å². The van der Waals surface area contributed by atoms with E-state index < -0.39 is 0 Å². The van der Waals surface area contributed by atoms with Crippen LogP contribution in [-0.4, -0.2) is 31.3 Å². The summed E-state index contributed by atoms with van der Waals surface area (Å²) in [4.78, 5) is 26.4. The molecule has 1 atom stereocenters.